The number of nitrogens with one attached hydrogen (secondary N) is 3. The molecular formula is C38H60FN5O7. The Morgan fingerprint density at radius 3 is 2.29 bits per heavy atom. The van der Waals surface area contributed by atoms with E-state index in [2.05, 4.69) is 16.0 Å². The Morgan fingerprint density at radius 2 is 1.75 bits per heavy atom. The van der Waals surface area contributed by atoms with Crippen molar-refractivity contribution in [3.63, 3.8) is 0 Å². The number of carboxylic acids is 1. The van der Waals surface area contributed by atoms with Gasteiger partial charge in [0.15, 0.2) is 0 Å². The summed E-state index contributed by atoms with van der Waals surface area (Å²) in [5.74, 6) is -4.15. The number of rotatable bonds is 18. The van der Waals surface area contributed by atoms with Gasteiger partial charge < -0.3 is 35.6 Å². The minimum atomic E-state index is -2.06. The maximum atomic E-state index is 15.2. The van der Waals surface area contributed by atoms with Crippen LogP contribution in [-0.4, -0.2) is 114 Å². The summed E-state index contributed by atoms with van der Waals surface area (Å²) in [4.78, 5) is 69.8. The molecule has 2 aliphatic heterocycles. The highest BCUT2D eigenvalue weighted by Crippen LogP contribution is 2.31. The Hall–Kier alpha value is -3.58. The third-order valence-corrected chi connectivity index (χ3v) is 10.9. The first-order valence-electron chi connectivity index (χ1n) is 18.4. The van der Waals surface area contributed by atoms with Gasteiger partial charge in [0.1, 0.15) is 12.1 Å². The van der Waals surface area contributed by atoms with Crippen molar-refractivity contribution in [3.8, 4) is 0 Å². The number of ether oxygens (including phenoxy) is 1. The number of likely N-dealkylation sites (tertiary alicyclic amines) is 1. The summed E-state index contributed by atoms with van der Waals surface area (Å²) in [6.07, 6.45) is 1.73. The summed E-state index contributed by atoms with van der Waals surface area (Å²) in [6, 6.07) is 6.27. The van der Waals surface area contributed by atoms with Gasteiger partial charge in [-0.25, -0.2) is 9.18 Å². The second-order valence-electron chi connectivity index (χ2n) is 15.0. The molecule has 1 aromatic rings. The van der Waals surface area contributed by atoms with E-state index in [1.807, 2.05) is 65.0 Å². The fourth-order valence-corrected chi connectivity index (χ4v) is 7.73. The van der Waals surface area contributed by atoms with Crippen molar-refractivity contribution in [2.24, 2.45) is 23.7 Å². The average Bonchev–Trinajstić information content (AvgIpc) is 3.77. The molecule has 0 unspecified atom stereocenters. The molecule has 4 N–H and O–H groups in total. The van der Waals surface area contributed by atoms with E-state index in [-0.39, 0.29) is 61.4 Å². The molecule has 12 nitrogen and oxygen atoms in total. The van der Waals surface area contributed by atoms with Crippen molar-refractivity contribution in [1.82, 2.24) is 25.8 Å². The van der Waals surface area contributed by atoms with Crippen LogP contribution in [0.3, 0.4) is 0 Å². The van der Waals surface area contributed by atoms with Crippen molar-refractivity contribution in [1.29, 1.82) is 0 Å². The zero-order chi connectivity index (χ0) is 38.0. The van der Waals surface area contributed by atoms with Crippen LogP contribution in [-0.2, 0) is 35.1 Å². The van der Waals surface area contributed by atoms with E-state index in [4.69, 9.17) is 4.74 Å². The molecule has 13 heteroatoms. The van der Waals surface area contributed by atoms with Gasteiger partial charge in [-0.15, -0.1) is 0 Å². The molecule has 0 aliphatic carbocycles. The number of benzene rings is 1. The molecule has 0 aromatic heterocycles. The summed E-state index contributed by atoms with van der Waals surface area (Å²) in [7, 11) is 3.18. The van der Waals surface area contributed by atoms with Crippen molar-refractivity contribution in [3.05, 3.63) is 35.9 Å². The van der Waals surface area contributed by atoms with Crippen LogP contribution in [0.2, 0.25) is 0 Å². The van der Waals surface area contributed by atoms with E-state index in [1.54, 1.807) is 23.8 Å². The van der Waals surface area contributed by atoms with Crippen LogP contribution < -0.4 is 16.0 Å². The number of hydrogen-bond acceptors (Lipinski definition) is 7. The monoisotopic (exact) mass is 717 g/mol. The van der Waals surface area contributed by atoms with Crippen LogP contribution in [0.4, 0.5) is 4.39 Å². The predicted octanol–water partition coefficient (Wildman–Crippen LogP) is 3.18. The summed E-state index contributed by atoms with van der Waals surface area (Å²) >= 11 is 0. The SMILES string of the molecule is CC[C@H](C)[C@@H]([C@H](C)CC(=O)N1CCC[C@H]1[C@H](OC)[C@@H](C)C(=O)N[C@@H](Cc1ccccc1)C(=O)O)N(C)C(=O)[C@@H](NC(=O)[C@@]1(F)CCNC1)C(C)C. The number of carbonyl (C=O) groups excluding carboxylic acids is 4. The van der Waals surface area contributed by atoms with Crippen molar-refractivity contribution < 1.29 is 38.2 Å². The number of methoxy groups -OCH3 is 1. The lowest BCUT2D eigenvalue weighted by Crippen LogP contribution is -2.58. The second kappa shape index (κ2) is 18.8. The van der Waals surface area contributed by atoms with Crippen molar-refractivity contribution in [2.75, 3.05) is 33.8 Å². The highest BCUT2D eigenvalue weighted by molar-refractivity contribution is 5.92. The number of carboxylic acid groups (broad SMARTS) is 1. The molecule has 51 heavy (non-hydrogen) atoms. The van der Waals surface area contributed by atoms with E-state index >= 15 is 4.39 Å². The molecule has 2 heterocycles. The first kappa shape index (κ1) is 41.8. The first-order chi connectivity index (χ1) is 24.1. The number of amides is 4. The average molecular weight is 718 g/mol. The number of likely N-dealkylation sites (N-methyl/N-ethyl adjacent to an activating group) is 1. The summed E-state index contributed by atoms with van der Waals surface area (Å²) in [5.41, 5.74) is -1.28. The lowest BCUT2D eigenvalue weighted by atomic mass is 9.84. The quantitative estimate of drug-likeness (QED) is 0.181. The molecule has 2 aliphatic rings. The van der Waals surface area contributed by atoms with Crippen molar-refractivity contribution in [2.45, 2.75) is 116 Å². The summed E-state index contributed by atoms with van der Waals surface area (Å²) in [5, 5.41) is 18.1. The first-order valence-corrected chi connectivity index (χ1v) is 18.4. The van der Waals surface area contributed by atoms with Crippen LogP contribution >= 0.6 is 0 Å². The van der Waals surface area contributed by atoms with Gasteiger partial charge in [0.05, 0.1) is 18.1 Å². The smallest absolute Gasteiger partial charge is 0.326 e. The van der Waals surface area contributed by atoms with Gasteiger partial charge in [-0.2, -0.15) is 0 Å². The van der Waals surface area contributed by atoms with Crippen LogP contribution in [0.25, 0.3) is 0 Å². The van der Waals surface area contributed by atoms with Crippen LogP contribution in [0.1, 0.15) is 79.2 Å². The highest BCUT2D eigenvalue weighted by Gasteiger charge is 2.45. The van der Waals surface area contributed by atoms with Gasteiger partial charge in [0, 0.05) is 52.6 Å². The van der Waals surface area contributed by atoms with E-state index in [1.165, 1.54) is 7.11 Å². The lowest BCUT2D eigenvalue weighted by Gasteiger charge is -2.40. The molecule has 0 bridgehead atoms. The number of alkyl halides is 1. The van der Waals surface area contributed by atoms with Crippen LogP contribution in [0.5, 0.6) is 0 Å². The van der Waals surface area contributed by atoms with Gasteiger partial charge in [0.2, 0.25) is 23.4 Å². The largest absolute Gasteiger partial charge is 0.480 e. The van der Waals surface area contributed by atoms with Crippen molar-refractivity contribution >= 4 is 29.6 Å². The number of aliphatic carboxylic acids is 1. The van der Waals surface area contributed by atoms with E-state index in [0.29, 0.717) is 19.5 Å². The van der Waals surface area contributed by atoms with Crippen LogP contribution in [0.15, 0.2) is 30.3 Å². The summed E-state index contributed by atoms with van der Waals surface area (Å²) in [6.45, 7) is 12.1. The molecule has 3 rings (SSSR count). The third kappa shape index (κ3) is 10.5. The maximum absolute atomic E-state index is 15.2. The summed E-state index contributed by atoms with van der Waals surface area (Å²) < 4.78 is 21.1. The Bertz CT molecular complexity index is 1340. The molecule has 2 fully saturated rings. The Balaban J connectivity index is 1.72. The zero-order valence-corrected chi connectivity index (χ0v) is 31.6. The normalized spacial score (nSPS) is 23.1. The minimum Gasteiger partial charge on any atom is -0.480 e. The predicted molar refractivity (Wildman–Crippen MR) is 192 cm³/mol. The Morgan fingerprint density at radius 1 is 1.08 bits per heavy atom. The lowest BCUT2D eigenvalue weighted by molar-refractivity contribution is -0.146. The molecule has 0 radical (unpaired) electrons. The van der Waals surface area contributed by atoms with Gasteiger partial charge in [-0.1, -0.05) is 78.3 Å². The topological polar surface area (TPSA) is 157 Å². The van der Waals surface area contributed by atoms with Gasteiger partial charge in [-0.3, -0.25) is 19.2 Å². The molecular weight excluding hydrogens is 657 g/mol. The third-order valence-electron chi connectivity index (χ3n) is 10.9. The Labute approximate surface area is 302 Å². The maximum Gasteiger partial charge on any atom is 0.326 e. The second-order valence-corrected chi connectivity index (χ2v) is 15.0. The molecule has 4 amide bonds. The fraction of sp³-hybridized carbons (Fsp3) is 0.711. The standard InChI is InChI=1S/C38H60FN5O7/c1-9-24(4)32(43(7)35(47)31(23(2)3)42-37(50)38(39)17-18-40-22-38)25(5)20-30(45)44-19-13-16-29(44)33(51-8)26(6)34(46)41-28(36(48)49)21-27-14-11-10-12-15-27/h10-12,14-15,23-26,28-29,31-33,40H,9,13,16-22H2,1-8H3,(H,41,46)(H,42,50)(H,48,49)/t24-,25+,26+,28-,29-,31-,32-,33+,38+/m0/s1. The number of carbonyl (C=O) groups is 5. The van der Waals surface area contributed by atoms with Crippen LogP contribution in [0, 0.1) is 23.7 Å². The van der Waals surface area contributed by atoms with E-state index in [0.717, 1.165) is 18.4 Å². The minimum absolute atomic E-state index is 0.0136. The van der Waals surface area contributed by atoms with E-state index in [9.17, 15) is 29.1 Å². The number of halogens is 1. The fourth-order valence-electron chi connectivity index (χ4n) is 7.73. The molecule has 286 valence electrons. The molecule has 1 aromatic carbocycles. The highest BCUT2D eigenvalue weighted by atomic mass is 19.1. The molecule has 0 saturated carbocycles. The number of nitrogens with zero attached hydrogens (tertiary/aromatic N) is 2. The zero-order valence-electron chi connectivity index (χ0n) is 31.6. The molecule has 9 atom stereocenters. The van der Waals surface area contributed by atoms with Gasteiger partial charge >= 0.3 is 5.97 Å². The van der Waals surface area contributed by atoms with Gasteiger partial charge in [0.25, 0.3) is 5.91 Å². The Kier molecular flexibility index (Phi) is 15.4. The molecule has 0 spiro atoms. The van der Waals surface area contributed by atoms with Gasteiger partial charge in [-0.05, 0) is 42.7 Å². The van der Waals surface area contributed by atoms with E-state index < -0.39 is 53.6 Å². The molecule has 2 saturated heterocycles. The number of hydrogen-bond donors (Lipinski definition) is 4.